The van der Waals surface area contributed by atoms with Gasteiger partial charge in [-0.2, -0.15) is 0 Å². The second-order valence-corrected chi connectivity index (χ2v) is 4.49. The molecule has 0 saturated heterocycles. The van der Waals surface area contributed by atoms with Gasteiger partial charge >= 0.3 is 0 Å². The van der Waals surface area contributed by atoms with Crippen molar-refractivity contribution >= 4 is 24.2 Å². The highest BCUT2D eigenvalue weighted by Gasteiger charge is 2.07. The van der Waals surface area contributed by atoms with Crippen molar-refractivity contribution in [3.63, 3.8) is 0 Å². The number of hydrogen-bond donors (Lipinski definition) is 3. The van der Waals surface area contributed by atoms with Gasteiger partial charge in [0, 0.05) is 31.5 Å². The number of carbonyl (C=O) groups excluding carboxylic acids is 2. The molecule has 18 heavy (non-hydrogen) atoms. The fourth-order valence-electron chi connectivity index (χ4n) is 1.21. The van der Waals surface area contributed by atoms with E-state index in [9.17, 15) is 9.59 Å². The molecule has 0 aromatic heterocycles. The molecule has 0 heterocycles. The molecule has 2 unspecified atom stereocenters. The van der Waals surface area contributed by atoms with Gasteiger partial charge in [-0.3, -0.25) is 9.59 Å². The number of carbonyl (C=O) groups is 2. The monoisotopic (exact) mass is 279 g/mol. The third-order valence-electron chi connectivity index (χ3n) is 2.52. The number of nitrogens with two attached hydrogens (primary N) is 1. The Balaban J connectivity index is 0. The molecule has 0 radical (unpaired) electrons. The first kappa shape index (κ1) is 19.5. The standard InChI is InChI=1S/C12H25N3O2.ClH/c1-4-10(3)15-12(17)7-8-14-11(16)6-5-9(2)13;/h9-10H,4-8,13H2,1-3H3,(H,14,16)(H,15,17);1H. The molecule has 2 atom stereocenters. The average molecular weight is 280 g/mol. The summed E-state index contributed by atoms with van der Waals surface area (Å²) in [6.45, 7) is 6.23. The Bertz CT molecular complexity index is 247. The molecule has 0 aliphatic rings. The topological polar surface area (TPSA) is 84.2 Å². The van der Waals surface area contributed by atoms with Gasteiger partial charge in [0.05, 0.1) is 0 Å². The Hall–Kier alpha value is -0.810. The molecule has 4 N–H and O–H groups in total. The van der Waals surface area contributed by atoms with E-state index in [4.69, 9.17) is 5.73 Å². The molecule has 2 amide bonds. The zero-order valence-corrected chi connectivity index (χ0v) is 12.3. The minimum absolute atomic E-state index is 0. The lowest BCUT2D eigenvalue weighted by Crippen LogP contribution is -2.35. The largest absolute Gasteiger partial charge is 0.356 e. The summed E-state index contributed by atoms with van der Waals surface area (Å²) in [4.78, 5) is 22.7. The summed E-state index contributed by atoms with van der Waals surface area (Å²) in [5.41, 5.74) is 5.54. The van der Waals surface area contributed by atoms with Crippen LogP contribution < -0.4 is 16.4 Å². The maximum atomic E-state index is 11.4. The summed E-state index contributed by atoms with van der Waals surface area (Å²) in [7, 11) is 0. The van der Waals surface area contributed by atoms with Gasteiger partial charge in [-0.15, -0.1) is 12.4 Å². The third kappa shape index (κ3) is 11.7. The summed E-state index contributed by atoms with van der Waals surface area (Å²) in [6, 6.07) is 0.228. The quantitative estimate of drug-likeness (QED) is 0.619. The van der Waals surface area contributed by atoms with Gasteiger partial charge in [-0.1, -0.05) is 6.92 Å². The average Bonchev–Trinajstić information content (AvgIpc) is 2.26. The fourth-order valence-corrected chi connectivity index (χ4v) is 1.21. The van der Waals surface area contributed by atoms with Gasteiger partial charge in [0.15, 0.2) is 0 Å². The number of halogens is 1. The highest BCUT2D eigenvalue weighted by Crippen LogP contribution is 1.93. The van der Waals surface area contributed by atoms with E-state index in [1.54, 1.807) is 0 Å². The lowest BCUT2D eigenvalue weighted by atomic mass is 10.2. The lowest BCUT2D eigenvalue weighted by molar-refractivity contribution is -0.122. The predicted molar refractivity (Wildman–Crippen MR) is 75.7 cm³/mol. The van der Waals surface area contributed by atoms with E-state index in [0.29, 0.717) is 25.8 Å². The van der Waals surface area contributed by atoms with E-state index in [1.165, 1.54) is 0 Å². The second-order valence-electron chi connectivity index (χ2n) is 4.49. The van der Waals surface area contributed by atoms with E-state index >= 15 is 0 Å². The van der Waals surface area contributed by atoms with E-state index in [-0.39, 0.29) is 36.3 Å². The Morgan fingerprint density at radius 2 is 1.78 bits per heavy atom. The van der Waals surface area contributed by atoms with Crippen molar-refractivity contribution in [1.29, 1.82) is 0 Å². The molecule has 0 fully saturated rings. The Morgan fingerprint density at radius 3 is 2.28 bits per heavy atom. The molecule has 0 spiro atoms. The van der Waals surface area contributed by atoms with Crippen LogP contribution in [-0.2, 0) is 9.59 Å². The van der Waals surface area contributed by atoms with E-state index in [0.717, 1.165) is 6.42 Å². The first-order valence-electron chi connectivity index (χ1n) is 6.27. The van der Waals surface area contributed by atoms with Crippen molar-refractivity contribution in [2.24, 2.45) is 5.73 Å². The maximum Gasteiger partial charge on any atom is 0.221 e. The van der Waals surface area contributed by atoms with Crippen LogP contribution in [0.1, 0.15) is 46.5 Å². The molecule has 0 bridgehead atoms. The van der Waals surface area contributed by atoms with Gasteiger partial charge in [-0.05, 0) is 26.7 Å². The van der Waals surface area contributed by atoms with Crippen LogP contribution in [0.4, 0.5) is 0 Å². The van der Waals surface area contributed by atoms with Crippen LogP contribution in [0.15, 0.2) is 0 Å². The van der Waals surface area contributed by atoms with Gasteiger partial charge in [0.25, 0.3) is 0 Å². The van der Waals surface area contributed by atoms with Gasteiger partial charge in [0.1, 0.15) is 0 Å². The van der Waals surface area contributed by atoms with Crippen LogP contribution in [0.25, 0.3) is 0 Å². The molecule has 5 nitrogen and oxygen atoms in total. The zero-order valence-electron chi connectivity index (χ0n) is 11.5. The molecule has 0 saturated carbocycles. The summed E-state index contributed by atoms with van der Waals surface area (Å²) in [6.07, 6.45) is 2.33. The molecule has 0 aromatic carbocycles. The molecule has 108 valence electrons. The van der Waals surface area contributed by atoms with Crippen LogP contribution in [0.3, 0.4) is 0 Å². The summed E-state index contributed by atoms with van der Waals surface area (Å²) in [5, 5.41) is 5.55. The van der Waals surface area contributed by atoms with Crippen molar-refractivity contribution < 1.29 is 9.59 Å². The van der Waals surface area contributed by atoms with Crippen LogP contribution in [0, 0.1) is 0 Å². The summed E-state index contributed by atoms with van der Waals surface area (Å²) >= 11 is 0. The maximum absolute atomic E-state index is 11.4. The summed E-state index contributed by atoms with van der Waals surface area (Å²) in [5.74, 6) is -0.0644. The van der Waals surface area contributed by atoms with Crippen molar-refractivity contribution in [1.82, 2.24) is 10.6 Å². The predicted octanol–water partition coefficient (Wildman–Crippen LogP) is 0.957. The summed E-state index contributed by atoms with van der Waals surface area (Å²) < 4.78 is 0. The van der Waals surface area contributed by atoms with E-state index in [1.807, 2.05) is 20.8 Å². The Labute approximate surface area is 116 Å². The molecule has 6 heteroatoms. The van der Waals surface area contributed by atoms with Gasteiger partial charge in [-0.25, -0.2) is 0 Å². The van der Waals surface area contributed by atoms with E-state index in [2.05, 4.69) is 10.6 Å². The molecule has 0 aliphatic carbocycles. The number of hydrogen-bond acceptors (Lipinski definition) is 3. The van der Waals surface area contributed by atoms with Crippen molar-refractivity contribution in [3.05, 3.63) is 0 Å². The van der Waals surface area contributed by atoms with E-state index < -0.39 is 0 Å². The third-order valence-corrected chi connectivity index (χ3v) is 2.52. The van der Waals surface area contributed by atoms with Gasteiger partial charge < -0.3 is 16.4 Å². The first-order valence-corrected chi connectivity index (χ1v) is 6.27. The Morgan fingerprint density at radius 1 is 1.17 bits per heavy atom. The highest BCUT2D eigenvalue weighted by atomic mass is 35.5. The smallest absolute Gasteiger partial charge is 0.221 e. The Kier molecular flexibility index (Phi) is 12.2. The zero-order chi connectivity index (χ0) is 13.3. The van der Waals surface area contributed by atoms with Crippen LogP contribution in [0.5, 0.6) is 0 Å². The van der Waals surface area contributed by atoms with Crippen LogP contribution in [0.2, 0.25) is 0 Å². The second kappa shape index (κ2) is 11.3. The number of nitrogens with one attached hydrogen (secondary N) is 2. The molecule has 0 rings (SSSR count). The van der Waals surface area contributed by atoms with Crippen molar-refractivity contribution in [3.8, 4) is 0 Å². The SMILES string of the molecule is CCC(C)NC(=O)CCNC(=O)CCC(C)N.Cl. The molecular weight excluding hydrogens is 254 g/mol. The number of rotatable bonds is 8. The van der Waals surface area contributed by atoms with Crippen molar-refractivity contribution in [2.45, 2.75) is 58.5 Å². The normalized spacial score (nSPS) is 13.1. The van der Waals surface area contributed by atoms with Crippen molar-refractivity contribution in [2.75, 3.05) is 6.54 Å². The first-order chi connectivity index (χ1) is 7.95. The lowest BCUT2D eigenvalue weighted by Gasteiger charge is -2.11. The molecular formula is C12H26ClN3O2. The van der Waals surface area contributed by atoms with Crippen LogP contribution in [-0.4, -0.2) is 30.4 Å². The molecule has 0 aliphatic heterocycles. The minimum Gasteiger partial charge on any atom is -0.356 e. The molecule has 0 aromatic rings. The van der Waals surface area contributed by atoms with Gasteiger partial charge in [0.2, 0.25) is 11.8 Å². The number of amides is 2. The highest BCUT2D eigenvalue weighted by molar-refractivity contribution is 5.85. The fraction of sp³-hybridized carbons (Fsp3) is 0.833. The minimum atomic E-state index is -0.0429. The van der Waals surface area contributed by atoms with Crippen LogP contribution >= 0.6 is 12.4 Å².